The summed E-state index contributed by atoms with van der Waals surface area (Å²) in [6.07, 6.45) is 2.61. The van der Waals surface area contributed by atoms with Gasteiger partial charge in [0.15, 0.2) is 0 Å². The SMILES string of the molecule is CCCC1NCC(C)(C)S1.Cl. The first-order chi connectivity index (χ1) is 4.64. The van der Waals surface area contributed by atoms with Gasteiger partial charge in [0, 0.05) is 11.3 Å². The van der Waals surface area contributed by atoms with E-state index in [9.17, 15) is 0 Å². The highest BCUT2D eigenvalue weighted by Crippen LogP contribution is 2.34. The Bertz CT molecular complexity index is 117. The fourth-order valence-corrected chi connectivity index (χ4v) is 2.71. The van der Waals surface area contributed by atoms with Gasteiger partial charge in [-0.05, 0) is 20.3 Å². The highest BCUT2D eigenvalue weighted by Gasteiger charge is 2.30. The van der Waals surface area contributed by atoms with Crippen molar-refractivity contribution in [3.63, 3.8) is 0 Å². The van der Waals surface area contributed by atoms with E-state index in [0.29, 0.717) is 4.75 Å². The van der Waals surface area contributed by atoms with Gasteiger partial charge in [-0.25, -0.2) is 0 Å². The third-order valence-corrected chi connectivity index (χ3v) is 3.24. The number of nitrogens with one attached hydrogen (secondary N) is 1. The fourth-order valence-electron chi connectivity index (χ4n) is 1.25. The largest absolute Gasteiger partial charge is 0.304 e. The number of halogens is 1. The van der Waals surface area contributed by atoms with Crippen molar-refractivity contribution in [1.82, 2.24) is 5.32 Å². The van der Waals surface area contributed by atoms with Crippen molar-refractivity contribution in [3.8, 4) is 0 Å². The van der Waals surface area contributed by atoms with Gasteiger partial charge in [-0.2, -0.15) is 0 Å². The summed E-state index contributed by atoms with van der Waals surface area (Å²) in [6, 6.07) is 0. The van der Waals surface area contributed by atoms with E-state index in [1.807, 2.05) is 0 Å². The zero-order valence-electron chi connectivity index (χ0n) is 7.52. The summed E-state index contributed by atoms with van der Waals surface area (Å²) < 4.78 is 0.472. The molecule has 1 atom stereocenters. The molecule has 0 aromatic carbocycles. The van der Waals surface area contributed by atoms with Crippen molar-refractivity contribution in [2.24, 2.45) is 0 Å². The Morgan fingerprint density at radius 2 is 2.18 bits per heavy atom. The van der Waals surface area contributed by atoms with Gasteiger partial charge < -0.3 is 5.32 Å². The van der Waals surface area contributed by atoms with Crippen LogP contribution in [0.5, 0.6) is 0 Å². The zero-order valence-corrected chi connectivity index (χ0v) is 9.15. The second-order valence-corrected chi connectivity index (χ2v) is 5.45. The van der Waals surface area contributed by atoms with Crippen LogP contribution in [0.15, 0.2) is 0 Å². The van der Waals surface area contributed by atoms with Crippen molar-refractivity contribution >= 4 is 24.2 Å². The van der Waals surface area contributed by atoms with E-state index < -0.39 is 0 Å². The van der Waals surface area contributed by atoms with Gasteiger partial charge in [-0.1, -0.05) is 13.3 Å². The Labute approximate surface area is 80.1 Å². The molecule has 0 aromatic heterocycles. The predicted octanol–water partition coefficient (Wildman–Crippen LogP) is 2.65. The van der Waals surface area contributed by atoms with Crippen LogP contribution in [0.3, 0.4) is 0 Å². The van der Waals surface area contributed by atoms with Gasteiger partial charge in [0.2, 0.25) is 0 Å². The second kappa shape index (κ2) is 4.58. The quantitative estimate of drug-likeness (QED) is 0.727. The van der Waals surface area contributed by atoms with Gasteiger partial charge in [0.1, 0.15) is 0 Å². The van der Waals surface area contributed by atoms with Crippen molar-refractivity contribution in [3.05, 3.63) is 0 Å². The van der Waals surface area contributed by atoms with Crippen LogP contribution in [0.4, 0.5) is 0 Å². The van der Waals surface area contributed by atoms with Gasteiger partial charge in [0.25, 0.3) is 0 Å². The molecule has 0 amide bonds. The molecule has 0 aliphatic carbocycles. The lowest BCUT2D eigenvalue weighted by Crippen LogP contribution is -2.23. The lowest BCUT2D eigenvalue weighted by Gasteiger charge is -2.14. The standard InChI is InChI=1S/C8H17NS.ClH/c1-4-5-7-9-6-8(2,3)10-7;/h7,9H,4-6H2,1-3H3;1H. The van der Waals surface area contributed by atoms with Crippen molar-refractivity contribution in [2.45, 2.75) is 43.7 Å². The molecule has 0 bridgehead atoms. The Hall–Kier alpha value is 0.600. The molecule has 1 saturated heterocycles. The maximum atomic E-state index is 3.51. The zero-order chi connectivity index (χ0) is 7.61. The minimum atomic E-state index is 0. The third-order valence-electron chi connectivity index (χ3n) is 1.77. The van der Waals surface area contributed by atoms with Crippen LogP contribution in [0.25, 0.3) is 0 Å². The fraction of sp³-hybridized carbons (Fsp3) is 1.00. The van der Waals surface area contributed by atoms with Crippen LogP contribution in [0.1, 0.15) is 33.6 Å². The number of thioether (sulfide) groups is 1. The molecule has 1 nitrogen and oxygen atoms in total. The molecule has 1 rings (SSSR count). The van der Waals surface area contributed by atoms with E-state index in [1.54, 1.807) is 0 Å². The van der Waals surface area contributed by atoms with E-state index in [1.165, 1.54) is 19.4 Å². The molecule has 68 valence electrons. The van der Waals surface area contributed by atoms with E-state index in [4.69, 9.17) is 0 Å². The van der Waals surface area contributed by atoms with E-state index in [-0.39, 0.29) is 12.4 Å². The summed E-state index contributed by atoms with van der Waals surface area (Å²) >= 11 is 2.08. The van der Waals surface area contributed by atoms with E-state index in [2.05, 4.69) is 37.8 Å². The van der Waals surface area contributed by atoms with Crippen molar-refractivity contribution in [1.29, 1.82) is 0 Å². The number of rotatable bonds is 2. The van der Waals surface area contributed by atoms with Crippen LogP contribution >= 0.6 is 24.2 Å². The minimum absolute atomic E-state index is 0. The lowest BCUT2D eigenvalue weighted by molar-refractivity contribution is 0.595. The summed E-state index contributed by atoms with van der Waals surface area (Å²) in [6.45, 7) is 8.02. The molecule has 1 fully saturated rings. The van der Waals surface area contributed by atoms with Crippen LogP contribution in [-0.2, 0) is 0 Å². The summed E-state index contributed by atoms with van der Waals surface area (Å²) in [5.41, 5.74) is 0. The third kappa shape index (κ3) is 3.68. The molecule has 1 heterocycles. The lowest BCUT2D eigenvalue weighted by atomic mass is 10.2. The smallest absolute Gasteiger partial charge is 0.0538 e. The van der Waals surface area contributed by atoms with E-state index >= 15 is 0 Å². The monoisotopic (exact) mass is 195 g/mol. The molecular formula is C8H18ClNS. The van der Waals surface area contributed by atoms with Gasteiger partial charge in [0.05, 0.1) is 5.37 Å². The molecule has 1 N–H and O–H groups in total. The highest BCUT2D eigenvalue weighted by molar-refractivity contribution is 8.01. The number of hydrogen-bond donors (Lipinski definition) is 1. The normalized spacial score (nSPS) is 28.1. The maximum Gasteiger partial charge on any atom is 0.0538 e. The molecule has 3 heteroatoms. The molecule has 0 saturated carbocycles. The summed E-state index contributed by atoms with van der Waals surface area (Å²) in [7, 11) is 0. The van der Waals surface area contributed by atoms with Crippen molar-refractivity contribution in [2.75, 3.05) is 6.54 Å². The first-order valence-electron chi connectivity index (χ1n) is 4.05. The molecule has 1 aliphatic rings. The molecule has 1 aliphatic heterocycles. The van der Waals surface area contributed by atoms with Gasteiger partial charge >= 0.3 is 0 Å². The molecular weight excluding hydrogens is 178 g/mol. The topological polar surface area (TPSA) is 12.0 Å². The average Bonchev–Trinajstić information content (AvgIpc) is 2.12. The molecule has 0 aromatic rings. The first-order valence-corrected chi connectivity index (χ1v) is 4.93. The van der Waals surface area contributed by atoms with E-state index in [0.717, 1.165) is 5.37 Å². The van der Waals surface area contributed by atoms with Gasteiger partial charge in [-0.3, -0.25) is 0 Å². The molecule has 1 unspecified atom stereocenters. The van der Waals surface area contributed by atoms with Gasteiger partial charge in [-0.15, -0.1) is 24.2 Å². The Morgan fingerprint density at radius 1 is 1.55 bits per heavy atom. The van der Waals surface area contributed by atoms with Crippen molar-refractivity contribution < 1.29 is 0 Å². The Kier molecular flexibility index (Phi) is 4.83. The van der Waals surface area contributed by atoms with Crippen LogP contribution in [0.2, 0.25) is 0 Å². The van der Waals surface area contributed by atoms with Crippen LogP contribution in [-0.4, -0.2) is 16.7 Å². The summed E-state index contributed by atoms with van der Waals surface area (Å²) in [4.78, 5) is 0. The summed E-state index contributed by atoms with van der Waals surface area (Å²) in [5, 5.41) is 4.23. The maximum absolute atomic E-state index is 3.51. The number of hydrogen-bond acceptors (Lipinski definition) is 2. The average molecular weight is 196 g/mol. The first kappa shape index (κ1) is 11.6. The Balaban J connectivity index is 0.000001000. The predicted molar refractivity (Wildman–Crippen MR) is 55.6 cm³/mol. The minimum Gasteiger partial charge on any atom is -0.304 e. The molecule has 0 spiro atoms. The Morgan fingerprint density at radius 3 is 2.55 bits per heavy atom. The summed E-state index contributed by atoms with van der Waals surface area (Å²) in [5.74, 6) is 0. The molecule has 0 radical (unpaired) electrons. The molecule has 11 heavy (non-hydrogen) atoms. The second-order valence-electron chi connectivity index (χ2n) is 3.54. The van der Waals surface area contributed by atoms with Crippen LogP contribution in [0, 0.1) is 0 Å². The van der Waals surface area contributed by atoms with Crippen LogP contribution < -0.4 is 5.32 Å². The highest BCUT2D eigenvalue weighted by atomic mass is 35.5.